The first-order valence-electron chi connectivity index (χ1n) is 14.1. The zero-order valence-corrected chi connectivity index (χ0v) is 24.6. The topological polar surface area (TPSA) is 152 Å². The predicted octanol–water partition coefficient (Wildman–Crippen LogP) is 3.33. The molecule has 0 saturated carbocycles. The number of nitrogens with zero attached hydrogens (tertiary/aromatic N) is 7. The number of ether oxygens (including phenoxy) is 2. The SMILES string of the molecule is CCCCCc1nc2c(c(=O)n(C(C)OC)c(=O)n2CC(=O)OC)n1Cc1ccc(-c2ccccc2-c2nn[nH]n2)cc1. The van der Waals surface area contributed by atoms with Crippen LogP contribution in [0.4, 0.5) is 0 Å². The molecular formula is C30H34N8O5. The molecule has 3 aromatic heterocycles. The molecule has 13 nitrogen and oxygen atoms in total. The Labute approximate surface area is 247 Å². The van der Waals surface area contributed by atoms with Crippen molar-refractivity contribution in [2.45, 2.75) is 58.8 Å². The van der Waals surface area contributed by atoms with Crippen molar-refractivity contribution in [3.8, 4) is 22.5 Å². The van der Waals surface area contributed by atoms with Crippen LogP contribution in [-0.2, 0) is 33.8 Å². The minimum atomic E-state index is -0.862. The van der Waals surface area contributed by atoms with E-state index in [1.54, 1.807) is 6.92 Å². The lowest BCUT2D eigenvalue weighted by Crippen LogP contribution is -2.43. The average Bonchev–Trinajstić information content (AvgIpc) is 3.69. The first-order valence-corrected chi connectivity index (χ1v) is 14.1. The van der Waals surface area contributed by atoms with Gasteiger partial charge in [0.15, 0.2) is 11.2 Å². The minimum Gasteiger partial charge on any atom is -0.468 e. The second kappa shape index (κ2) is 12.9. The van der Waals surface area contributed by atoms with Crippen LogP contribution in [0.15, 0.2) is 58.1 Å². The molecule has 1 atom stereocenters. The summed E-state index contributed by atoms with van der Waals surface area (Å²) in [5.41, 5.74) is 2.84. The van der Waals surface area contributed by atoms with Gasteiger partial charge in [0.2, 0.25) is 5.82 Å². The Balaban J connectivity index is 1.62. The molecule has 224 valence electrons. The van der Waals surface area contributed by atoms with Crippen LogP contribution in [0, 0.1) is 0 Å². The number of methoxy groups -OCH3 is 2. The van der Waals surface area contributed by atoms with Gasteiger partial charge < -0.3 is 14.0 Å². The van der Waals surface area contributed by atoms with Crippen LogP contribution in [0.5, 0.6) is 0 Å². The summed E-state index contributed by atoms with van der Waals surface area (Å²) in [5.74, 6) is 0.534. The van der Waals surface area contributed by atoms with Gasteiger partial charge in [0, 0.05) is 25.6 Å². The molecule has 0 amide bonds. The third kappa shape index (κ3) is 5.89. The van der Waals surface area contributed by atoms with Crippen molar-refractivity contribution in [2.24, 2.45) is 0 Å². The number of esters is 1. The smallest absolute Gasteiger partial charge is 0.335 e. The van der Waals surface area contributed by atoms with Gasteiger partial charge in [-0.15, -0.1) is 10.2 Å². The zero-order chi connectivity index (χ0) is 30.5. The number of aromatic amines is 1. The van der Waals surface area contributed by atoms with Crippen molar-refractivity contribution >= 4 is 17.1 Å². The van der Waals surface area contributed by atoms with Gasteiger partial charge in [0.1, 0.15) is 18.6 Å². The quantitative estimate of drug-likeness (QED) is 0.171. The van der Waals surface area contributed by atoms with E-state index in [9.17, 15) is 14.4 Å². The maximum atomic E-state index is 13.9. The standard InChI is InChI=1S/C30H34N8O5/c1-5-6-7-12-24-31-28-26(29(40)38(19(2)42-3)30(41)37(28)18-25(39)43-4)36(24)17-20-13-15-21(16-14-20)22-10-8-9-11-23(22)27-32-34-35-33-27/h8-11,13-16,19H,5-7,12,17-18H2,1-4H3,(H,32,33,34,35). The summed E-state index contributed by atoms with van der Waals surface area (Å²) in [4.78, 5) is 44.4. The molecule has 43 heavy (non-hydrogen) atoms. The molecule has 0 saturated heterocycles. The average molecular weight is 587 g/mol. The number of unbranched alkanes of at least 4 members (excludes halogenated alkanes) is 2. The zero-order valence-electron chi connectivity index (χ0n) is 24.6. The van der Waals surface area contributed by atoms with Gasteiger partial charge >= 0.3 is 11.7 Å². The van der Waals surface area contributed by atoms with Crippen molar-refractivity contribution < 1.29 is 14.3 Å². The minimum absolute atomic E-state index is 0.150. The maximum Gasteiger partial charge on any atom is 0.335 e. The van der Waals surface area contributed by atoms with E-state index >= 15 is 0 Å². The second-order valence-electron chi connectivity index (χ2n) is 10.2. The van der Waals surface area contributed by atoms with E-state index in [4.69, 9.17) is 14.5 Å². The van der Waals surface area contributed by atoms with Gasteiger partial charge in [-0.1, -0.05) is 68.3 Å². The molecule has 0 fully saturated rings. The molecule has 0 bridgehead atoms. The van der Waals surface area contributed by atoms with Crippen molar-refractivity contribution in [2.75, 3.05) is 14.2 Å². The first-order chi connectivity index (χ1) is 20.9. The van der Waals surface area contributed by atoms with Crippen LogP contribution in [0.25, 0.3) is 33.7 Å². The number of hydrogen-bond acceptors (Lipinski definition) is 9. The number of rotatable bonds is 12. The summed E-state index contributed by atoms with van der Waals surface area (Å²) in [6.45, 7) is 3.66. The molecule has 0 aliphatic rings. The molecule has 5 rings (SSSR count). The Morgan fingerprint density at radius 3 is 2.40 bits per heavy atom. The van der Waals surface area contributed by atoms with Gasteiger partial charge in [-0.25, -0.2) is 14.3 Å². The molecule has 1 unspecified atom stereocenters. The highest BCUT2D eigenvalue weighted by Gasteiger charge is 2.25. The number of fused-ring (bicyclic) bond motifs is 1. The van der Waals surface area contributed by atoms with Crippen molar-refractivity contribution in [3.05, 3.63) is 80.8 Å². The van der Waals surface area contributed by atoms with Crippen molar-refractivity contribution in [1.29, 1.82) is 0 Å². The first kappa shape index (κ1) is 29.6. The third-order valence-corrected chi connectivity index (χ3v) is 7.48. The Morgan fingerprint density at radius 2 is 1.74 bits per heavy atom. The van der Waals surface area contributed by atoms with Gasteiger partial charge in [0.25, 0.3) is 5.56 Å². The van der Waals surface area contributed by atoms with E-state index in [1.807, 2.05) is 53.1 Å². The van der Waals surface area contributed by atoms with E-state index in [2.05, 4.69) is 27.5 Å². The summed E-state index contributed by atoms with van der Waals surface area (Å²) in [6.07, 6.45) is 2.59. The largest absolute Gasteiger partial charge is 0.468 e. The van der Waals surface area contributed by atoms with Crippen LogP contribution in [0.1, 0.15) is 50.7 Å². The predicted molar refractivity (Wildman–Crippen MR) is 159 cm³/mol. The lowest BCUT2D eigenvalue weighted by Gasteiger charge is -2.16. The van der Waals surface area contributed by atoms with Crippen molar-refractivity contribution in [3.63, 3.8) is 0 Å². The Morgan fingerprint density at radius 1 is 1.00 bits per heavy atom. The normalized spacial score (nSPS) is 12.1. The number of imidazole rings is 1. The highest BCUT2D eigenvalue weighted by Crippen LogP contribution is 2.30. The fourth-order valence-corrected chi connectivity index (χ4v) is 5.14. The number of carbonyl (C=O) groups excluding carboxylic acids is 1. The van der Waals surface area contributed by atoms with Gasteiger partial charge in [-0.2, -0.15) is 5.21 Å². The fourth-order valence-electron chi connectivity index (χ4n) is 5.14. The monoisotopic (exact) mass is 586 g/mol. The summed E-state index contributed by atoms with van der Waals surface area (Å²) < 4.78 is 14.3. The highest BCUT2D eigenvalue weighted by molar-refractivity contribution is 5.80. The summed E-state index contributed by atoms with van der Waals surface area (Å²) in [5, 5.41) is 14.4. The van der Waals surface area contributed by atoms with E-state index in [0.717, 1.165) is 46.1 Å². The highest BCUT2D eigenvalue weighted by atomic mass is 16.5. The molecule has 0 aliphatic carbocycles. The lowest BCUT2D eigenvalue weighted by atomic mass is 9.98. The molecular weight excluding hydrogens is 552 g/mol. The third-order valence-electron chi connectivity index (χ3n) is 7.48. The van der Waals surface area contributed by atoms with Crippen molar-refractivity contribution in [1.82, 2.24) is 39.3 Å². The number of benzene rings is 2. The molecule has 3 heterocycles. The molecule has 0 spiro atoms. The van der Waals surface area contributed by atoms with E-state index in [-0.39, 0.29) is 17.7 Å². The Kier molecular flexibility index (Phi) is 8.90. The van der Waals surface area contributed by atoms with Crippen LogP contribution in [-0.4, -0.2) is 59.5 Å². The van der Waals surface area contributed by atoms with Crippen LogP contribution in [0.2, 0.25) is 0 Å². The van der Waals surface area contributed by atoms with Crippen LogP contribution in [0.3, 0.4) is 0 Å². The number of H-pyrrole nitrogens is 1. The summed E-state index contributed by atoms with van der Waals surface area (Å²) in [6, 6.07) is 15.8. The molecule has 0 radical (unpaired) electrons. The number of tetrazole rings is 1. The maximum absolute atomic E-state index is 13.9. The number of aromatic nitrogens is 8. The number of hydrogen-bond donors (Lipinski definition) is 1. The van der Waals surface area contributed by atoms with Crippen LogP contribution >= 0.6 is 0 Å². The van der Waals surface area contributed by atoms with E-state index in [1.165, 1.54) is 18.8 Å². The number of nitrogens with one attached hydrogen (secondary N) is 1. The molecule has 0 aliphatic heterocycles. The molecule has 5 aromatic rings. The molecule has 1 N–H and O–H groups in total. The summed E-state index contributed by atoms with van der Waals surface area (Å²) >= 11 is 0. The Hall–Kier alpha value is -4.91. The molecule has 2 aromatic carbocycles. The number of aryl methyl sites for hydroxylation is 1. The fraction of sp³-hybridized carbons (Fsp3) is 0.367. The Bertz CT molecular complexity index is 1840. The van der Waals surface area contributed by atoms with E-state index < -0.39 is 23.4 Å². The lowest BCUT2D eigenvalue weighted by molar-refractivity contribution is -0.141. The van der Waals surface area contributed by atoms with Gasteiger partial charge in [-0.3, -0.25) is 14.2 Å². The van der Waals surface area contributed by atoms with Gasteiger partial charge in [0.05, 0.1) is 7.11 Å². The second-order valence-corrected chi connectivity index (χ2v) is 10.2. The summed E-state index contributed by atoms with van der Waals surface area (Å²) in [7, 11) is 2.66. The van der Waals surface area contributed by atoms with Gasteiger partial charge in [-0.05, 0) is 35.2 Å². The van der Waals surface area contributed by atoms with E-state index in [0.29, 0.717) is 24.6 Å². The molecule has 13 heteroatoms. The van der Waals surface area contributed by atoms with Crippen LogP contribution < -0.4 is 11.2 Å². The number of carbonyl (C=O) groups is 1.